The largest absolute Gasteiger partial charge is 0.277 e. The Bertz CT molecular complexity index is 905. The van der Waals surface area contributed by atoms with Crippen molar-refractivity contribution in [2.45, 2.75) is 11.8 Å². The van der Waals surface area contributed by atoms with Gasteiger partial charge in [0, 0.05) is 31.1 Å². The third-order valence-electron chi connectivity index (χ3n) is 3.26. The number of hydrogen-bond acceptors (Lipinski definition) is 3. The molecule has 0 radical (unpaired) electrons. The minimum absolute atomic E-state index is 0. The summed E-state index contributed by atoms with van der Waals surface area (Å²) in [5.74, 6) is 0. The zero-order valence-electron chi connectivity index (χ0n) is 12.2. The smallest absolute Gasteiger partial charge is 0.262 e. The standard InChI is InChI=1S/C16H14N2O2S.Zn/c1-12-6-2-3-10-15(12)21(19,20)18-14-9-4-7-13-8-5-11-17-16(13)14;/h2-11,18H,1H3;. The van der Waals surface area contributed by atoms with E-state index < -0.39 is 10.0 Å². The van der Waals surface area contributed by atoms with Gasteiger partial charge < -0.3 is 0 Å². The molecule has 1 aromatic heterocycles. The summed E-state index contributed by atoms with van der Waals surface area (Å²) in [6.45, 7) is 1.77. The van der Waals surface area contributed by atoms with Crippen molar-refractivity contribution in [2.24, 2.45) is 0 Å². The van der Waals surface area contributed by atoms with Crippen LogP contribution in [0.4, 0.5) is 5.69 Å². The van der Waals surface area contributed by atoms with Gasteiger partial charge >= 0.3 is 0 Å². The first kappa shape index (κ1) is 16.6. The molecule has 1 heterocycles. The van der Waals surface area contributed by atoms with Gasteiger partial charge in [0.2, 0.25) is 0 Å². The molecule has 108 valence electrons. The molecule has 0 spiro atoms. The Morgan fingerprint density at radius 2 is 1.68 bits per heavy atom. The average Bonchev–Trinajstić information content (AvgIpc) is 2.47. The van der Waals surface area contributed by atoms with Crippen molar-refractivity contribution < 1.29 is 27.9 Å². The van der Waals surface area contributed by atoms with Gasteiger partial charge in [-0.15, -0.1) is 0 Å². The third-order valence-corrected chi connectivity index (χ3v) is 4.79. The predicted molar refractivity (Wildman–Crippen MR) is 83.7 cm³/mol. The summed E-state index contributed by atoms with van der Waals surface area (Å²) >= 11 is 0. The molecule has 0 aliphatic carbocycles. The van der Waals surface area contributed by atoms with E-state index in [4.69, 9.17) is 0 Å². The molecule has 2 aromatic carbocycles. The van der Waals surface area contributed by atoms with Crippen LogP contribution in [0.15, 0.2) is 65.7 Å². The van der Waals surface area contributed by atoms with Gasteiger partial charge in [0.15, 0.2) is 0 Å². The van der Waals surface area contributed by atoms with Gasteiger partial charge in [-0.25, -0.2) is 8.42 Å². The summed E-state index contributed by atoms with van der Waals surface area (Å²) in [4.78, 5) is 4.53. The fourth-order valence-electron chi connectivity index (χ4n) is 2.24. The molecule has 6 heteroatoms. The average molecular weight is 364 g/mol. The summed E-state index contributed by atoms with van der Waals surface area (Å²) in [5.41, 5.74) is 1.83. The Kier molecular flexibility index (Phi) is 4.94. The Labute approximate surface area is 142 Å². The summed E-state index contributed by atoms with van der Waals surface area (Å²) in [6, 6.07) is 16.0. The van der Waals surface area contributed by atoms with Crippen LogP contribution < -0.4 is 4.72 Å². The van der Waals surface area contributed by atoms with Crippen molar-refractivity contribution >= 4 is 26.6 Å². The predicted octanol–water partition coefficient (Wildman–Crippen LogP) is 3.34. The van der Waals surface area contributed by atoms with Crippen molar-refractivity contribution in [1.82, 2.24) is 4.98 Å². The van der Waals surface area contributed by atoms with Crippen LogP contribution in [0.2, 0.25) is 0 Å². The first-order valence-electron chi connectivity index (χ1n) is 6.50. The Morgan fingerprint density at radius 3 is 2.45 bits per heavy atom. The van der Waals surface area contributed by atoms with Gasteiger partial charge in [0.1, 0.15) is 0 Å². The first-order valence-corrected chi connectivity index (χ1v) is 7.98. The number of rotatable bonds is 3. The normalized spacial score (nSPS) is 11.0. The maximum absolute atomic E-state index is 12.5. The number of nitrogens with zero attached hydrogens (tertiary/aromatic N) is 1. The van der Waals surface area contributed by atoms with Gasteiger partial charge in [-0.3, -0.25) is 9.71 Å². The van der Waals surface area contributed by atoms with Crippen LogP contribution in [0.5, 0.6) is 0 Å². The van der Waals surface area contributed by atoms with E-state index in [2.05, 4.69) is 9.71 Å². The van der Waals surface area contributed by atoms with Crippen LogP contribution in [0.1, 0.15) is 5.56 Å². The van der Waals surface area contributed by atoms with Crippen molar-refractivity contribution in [3.05, 3.63) is 66.4 Å². The van der Waals surface area contributed by atoms with E-state index in [1.807, 2.05) is 24.3 Å². The molecule has 1 N–H and O–H groups in total. The van der Waals surface area contributed by atoms with Crippen LogP contribution in [0, 0.1) is 6.92 Å². The van der Waals surface area contributed by atoms with Crippen LogP contribution in [-0.2, 0) is 29.5 Å². The fourth-order valence-corrected chi connectivity index (χ4v) is 3.56. The van der Waals surface area contributed by atoms with Crippen LogP contribution in [-0.4, -0.2) is 13.4 Å². The second-order valence-corrected chi connectivity index (χ2v) is 6.40. The molecule has 22 heavy (non-hydrogen) atoms. The van der Waals surface area contributed by atoms with E-state index in [1.165, 1.54) is 0 Å². The molecule has 0 atom stereocenters. The first-order chi connectivity index (χ1) is 10.1. The number of fused-ring (bicyclic) bond motifs is 1. The fraction of sp³-hybridized carbons (Fsp3) is 0.0625. The maximum Gasteiger partial charge on any atom is 0.262 e. The Balaban J connectivity index is 0.00000176. The number of aromatic nitrogens is 1. The van der Waals surface area contributed by atoms with Crippen molar-refractivity contribution in [3.8, 4) is 0 Å². The van der Waals surface area contributed by atoms with E-state index in [9.17, 15) is 8.42 Å². The second-order valence-electron chi connectivity index (χ2n) is 4.75. The zero-order chi connectivity index (χ0) is 14.9. The van der Waals surface area contributed by atoms with E-state index in [0.29, 0.717) is 16.8 Å². The number of benzene rings is 2. The summed E-state index contributed by atoms with van der Waals surface area (Å²) in [7, 11) is -3.63. The monoisotopic (exact) mass is 362 g/mol. The number of sulfonamides is 1. The second kappa shape index (κ2) is 6.55. The molecular weight excluding hydrogens is 350 g/mol. The van der Waals surface area contributed by atoms with Crippen LogP contribution >= 0.6 is 0 Å². The molecule has 0 aliphatic heterocycles. The SMILES string of the molecule is Cc1ccccc1S(=O)(=O)Nc1cccc2cccnc12.[Zn]. The molecule has 3 rings (SSSR count). The third kappa shape index (κ3) is 3.18. The van der Waals surface area contributed by atoms with E-state index in [0.717, 1.165) is 5.39 Å². The number of para-hydroxylation sites is 1. The molecule has 0 fully saturated rings. The van der Waals surface area contributed by atoms with Gasteiger partial charge in [-0.2, -0.15) is 0 Å². The van der Waals surface area contributed by atoms with E-state index in [1.54, 1.807) is 43.5 Å². The minimum atomic E-state index is -3.63. The molecule has 0 saturated heterocycles. The van der Waals surface area contributed by atoms with Crippen LogP contribution in [0.25, 0.3) is 10.9 Å². The molecule has 3 aromatic rings. The van der Waals surface area contributed by atoms with Gasteiger partial charge in [-0.05, 0) is 30.7 Å². The molecule has 0 bridgehead atoms. The van der Waals surface area contributed by atoms with E-state index >= 15 is 0 Å². The van der Waals surface area contributed by atoms with Gasteiger partial charge in [0.25, 0.3) is 10.0 Å². The molecular formula is C16H14N2O2SZn. The van der Waals surface area contributed by atoms with Crippen LogP contribution in [0.3, 0.4) is 0 Å². The number of aryl methyl sites for hydroxylation is 1. The van der Waals surface area contributed by atoms with Crippen molar-refractivity contribution in [2.75, 3.05) is 4.72 Å². The maximum atomic E-state index is 12.5. The number of pyridine rings is 1. The molecule has 0 amide bonds. The Hall–Kier alpha value is -1.78. The number of hydrogen-bond donors (Lipinski definition) is 1. The summed E-state index contributed by atoms with van der Waals surface area (Å²) < 4.78 is 27.7. The molecule has 0 saturated carbocycles. The minimum Gasteiger partial charge on any atom is -0.277 e. The number of nitrogens with one attached hydrogen (secondary N) is 1. The van der Waals surface area contributed by atoms with Gasteiger partial charge in [-0.1, -0.05) is 36.4 Å². The molecule has 4 nitrogen and oxygen atoms in total. The summed E-state index contributed by atoms with van der Waals surface area (Å²) in [5, 5.41) is 0.891. The quantitative estimate of drug-likeness (QED) is 0.726. The Morgan fingerprint density at radius 1 is 0.955 bits per heavy atom. The van der Waals surface area contributed by atoms with E-state index in [-0.39, 0.29) is 24.4 Å². The number of anilines is 1. The molecule has 0 unspecified atom stereocenters. The topological polar surface area (TPSA) is 59.1 Å². The summed E-state index contributed by atoms with van der Waals surface area (Å²) in [6.07, 6.45) is 1.65. The molecule has 0 aliphatic rings. The zero-order valence-corrected chi connectivity index (χ0v) is 15.9. The van der Waals surface area contributed by atoms with Gasteiger partial charge in [0.05, 0.1) is 16.1 Å². The van der Waals surface area contributed by atoms with Crippen molar-refractivity contribution in [1.29, 1.82) is 0 Å². The van der Waals surface area contributed by atoms with Crippen molar-refractivity contribution in [3.63, 3.8) is 0 Å².